The molecule has 4 saturated heterocycles. The number of ether oxygens (including phenoxy) is 3. The Kier molecular flexibility index (Phi) is 24.8. The Morgan fingerprint density at radius 3 is 1.09 bits per heavy atom. The Bertz CT molecular complexity index is 7070. The van der Waals surface area contributed by atoms with E-state index in [0.717, 1.165) is 116 Å². The average molecular weight is 1780 g/mol. The van der Waals surface area contributed by atoms with Crippen LogP contribution in [-0.2, 0) is 42.3 Å². The quantitative estimate of drug-likeness (QED) is 0.0638. The maximum Gasteiger partial charge on any atom is 0.213 e. The Morgan fingerprint density at radius 2 is 0.773 bits per heavy atom. The van der Waals surface area contributed by atoms with E-state index in [1.807, 2.05) is 91.9 Å². The van der Waals surface area contributed by atoms with Gasteiger partial charge in [-0.15, -0.1) is 0 Å². The number of nitrogens with one attached hydrogen (secondary N) is 1. The molecule has 0 radical (unpaired) electrons. The molecule has 128 heavy (non-hydrogen) atoms. The van der Waals surface area contributed by atoms with Crippen molar-refractivity contribution in [3.63, 3.8) is 0 Å². The smallest absolute Gasteiger partial charge is 0.213 e. The van der Waals surface area contributed by atoms with Gasteiger partial charge in [-0.25, -0.2) is 56.1 Å². The minimum atomic E-state index is -2.41. The zero-order valence-electron chi connectivity index (χ0n) is 70.7. The number of pyridine rings is 9. The van der Waals surface area contributed by atoms with Gasteiger partial charge in [0, 0.05) is 215 Å². The van der Waals surface area contributed by atoms with Crippen molar-refractivity contribution in [2.24, 2.45) is 13.1 Å². The lowest BCUT2D eigenvalue weighted by Crippen LogP contribution is -2.40. The van der Waals surface area contributed by atoms with Gasteiger partial charge in [-0.3, -0.25) is 14.0 Å². The lowest BCUT2D eigenvalue weighted by atomic mass is 10.0. The normalized spacial score (nSPS) is 15.5. The minimum Gasteiger partial charge on any atom is -0.481 e. The van der Waals surface area contributed by atoms with Gasteiger partial charge in [0.15, 0.2) is 0 Å². The van der Waals surface area contributed by atoms with E-state index in [1.54, 1.807) is 156 Å². The molecule has 0 bridgehead atoms. The van der Waals surface area contributed by atoms with Crippen molar-refractivity contribution in [3.8, 4) is 103 Å². The maximum absolute atomic E-state index is 13.4. The molecule has 0 aromatic carbocycles. The molecule has 0 amide bonds. The molecule has 0 spiro atoms. The summed E-state index contributed by atoms with van der Waals surface area (Å²) in [6.07, 6.45) is 33.9. The molecule has 39 heteroatoms. The van der Waals surface area contributed by atoms with Crippen molar-refractivity contribution < 1.29 is 37.1 Å². The molecule has 0 saturated carbocycles. The van der Waals surface area contributed by atoms with E-state index in [2.05, 4.69) is 114 Å². The highest BCUT2D eigenvalue weighted by molar-refractivity contribution is 7.94. The number of nitrogens with zero attached hydrogens (tertiary/aromatic N) is 27. The van der Waals surface area contributed by atoms with Crippen LogP contribution in [0.5, 0.6) is 17.6 Å². The molecule has 15 aromatic heterocycles. The van der Waals surface area contributed by atoms with Gasteiger partial charge in [-0.1, -0.05) is 0 Å². The highest BCUT2D eigenvalue weighted by Crippen LogP contribution is 2.38. The van der Waals surface area contributed by atoms with Crippen LogP contribution in [0.1, 0.15) is 49.4 Å². The van der Waals surface area contributed by atoms with Crippen LogP contribution in [0.15, 0.2) is 216 Å². The summed E-state index contributed by atoms with van der Waals surface area (Å²) in [6.45, 7) is 9.64. The van der Waals surface area contributed by atoms with Crippen LogP contribution in [0.3, 0.4) is 0 Å². The topological polar surface area (TPSA) is 432 Å². The van der Waals surface area contributed by atoms with Crippen molar-refractivity contribution in [2.75, 3.05) is 130 Å². The Hall–Kier alpha value is -14.4. The second kappa shape index (κ2) is 37.0. The number of rotatable bonds is 20. The summed E-state index contributed by atoms with van der Waals surface area (Å²) in [5.74, 6) is 6.44. The first-order valence-electron chi connectivity index (χ1n) is 41.3. The Morgan fingerprint density at radius 1 is 0.422 bits per heavy atom. The van der Waals surface area contributed by atoms with Crippen LogP contribution >= 0.6 is 0 Å². The highest BCUT2D eigenvalue weighted by atomic mass is 32.2. The average Bonchev–Trinajstić information content (AvgIpc) is 1.60. The largest absolute Gasteiger partial charge is 0.481 e. The molecule has 0 atom stereocenters. The van der Waals surface area contributed by atoms with Crippen molar-refractivity contribution in [2.45, 2.75) is 51.4 Å². The van der Waals surface area contributed by atoms with Crippen LogP contribution in [0, 0.1) is 34.0 Å². The summed E-state index contributed by atoms with van der Waals surface area (Å²) >= 11 is 0. The van der Waals surface area contributed by atoms with Gasteiger partial charge in [0.2, 0.25) is 17.6 Å². The molecule has 3 N–H and O–H groups in total. The van der Waals surface area contributed by atoms with Gasteiger partial charge in [-0.05, 0) is 113 Å². The van der Waals surface area contributed by atoms with Crippen molar-refractivity contribution >= 4 is 80.3 Å². The molecular formula is C89H90N28O8S3. The van der Waals surface area contributed by atoms with E-state index in [0.29, 0.717) is 155 Å². The number of methoxy groups -OCH3 is 3. The molecule has 36 nitrogen and oxygen atoms in total. The lowest BCUT2D eigenvalue weighted by Gasteiger charge is -2.29. The van der Waals surface area contributed by atoms with Crippen LogP contribution < -0.4 is 34.2 Å². The molecule has 652 valence electrons. The second-order valence-electron chi connectivity index (χ2n) is 31.6. The predicted octanol–water partition coefficient (Wildman–Crippen LogP) is 11.2. The summed E-state index contributed by atoms with van der Waals surface area (Å²) in [4.78, 5) is 33.1. The summed E-state index contributed by atoms with van der Waals surface area (Å²) in [7, 11) is -2.55. The molecular weight excluding hydrogens is 1690 g/mol. The standard InChI is InChI=1S/C31H32N10O2S.C30H31N9O3S.C28H27N9O3S/c1-43-30-5-3-26(19-35-30)38-44(42)12-10-39(11-13-44)29-4-2-22(16-34-29)28-14-23(20-41-31(28)24(15-32)17-37-41)25-18-36-40(21-25)27-6-8-33-9-7-27;1-30(2,40)20-38-18-24(16-34-38)22-12-26(29-23(13-31)15-35-39(29)19-22)21-4-6-27(32-14-21)37-8-10-43(41,11-9-37)36-25-5-7-28(42-3)33-17-25;1-40-27-5-3-24(17-31-27)34-41(39)10-7-35(8-11-41)26-4-2-20(14-30-26)25-12-21(23-16-32-36(18-23)6-9-38)19-37-28(25)22(13-29)15-33-37/h2-5,14,16-21,27,33H,6-13H2,1H3;4-7,12,14-19,40H,8-11,20H2,1-3H3;2-5,12,14-19,38H,6-11H2,1H3. The number of aliphatic hydroxyl groups is 2. The lowest BCUT2D eigenvalue weighted by molar-refractivity contribution is 0.0577. The number of aromatic nitrogens is 18. The van der Waals surface area contributed by atoms with E-state index >= 15 is 0 Å². The first-order chi connectivity index (χ1) is 62.1. The zero-order chi connectivity index (χ0) is 88.7. The summed E-state index contributed by atoms with van der Waals surface area (Å²) in [6, 6.07) is 35.5. The number of anilines is 3. The molecule has 4 aliphatic rings. The van der Waals surface area contributed by atoms with Crippen LogP contribution in [0.25, 0.3) is 83.3 Å². The second-order valence-corrected chi connectivity index (χ2v) is 39.3. The summed E-state index contributed by atoms with van der Waals surface area (Å²) < 4.78 is 79.6. The van der Waals surface area contributed by atoms with Crippen LogP contribution in [0.2, 0.25) is 0 Å². The molecule has 15 aromatic rings. The number of hydrogen-bond acceptors (Lipinski definition) is 30. The molecule has 0 unspecified atom stereocenters. The fraction of sp³-hybridized carbons (Fsp3) is 0.292. The molecule has 0 aliphatic carbocycles. The number of piperidine rings is 1. The van der Waals surface area contributed by atoms with Crippen LogP contribution in [0.4, 0.5) is 34.5 Å². The van der Waals surface area contributed by atoms with Crippen LogP contribution in [-0.4, -0.2) is 231 Å². The first-order valence-corrected chi connectivity index (χ1v) is 46.9. The molecule has 19 heterocycles. The zero-order valence-corrected chi connectivity index (χ0v) is 73.2. The van der Waals surface area contributed by atoms with Gasteiger partial charge >= 0.3 is 0 Å². The van der Waals surface area contributed by atoms with E-state index in [1.165, 1.54) is 0 Å². The maximum atomic E-state index is 13.4. The van der Waals surface area contributed by atoms with E-state index in [4.69, 9.17) is 29.2 Å². The van der Waals surface area contributed by atoms with Gasteiger partial charge in [0.05, 0.1) is 188 Å². The van der Waals surface area contributed by atoms with Crippen molar-refractivity contribution in [1.82, 2.24) is 93.4 Å². The predicted molar refractivity (Wildman–Crippen MR) is 487 cm³/mol. The van der Waals surface area contributed by atoms with E-state index in [-0.39, 0.29) is 6.61 Å². The molecule has 4 fully saturated rings. The van der Waals surface area contributed by atoms with Crippen molar-refractivity contribution in [3.05, 3.63) is 219 Å². The SMILES string of the molecule is COc1ccc(N=S2(=O)CCN(c3ccc(-c4cc(-c5cnn(C6CCNCC6)c5)cn5ncc(C#N)c45)cn3)CC2)cn1.COc1ccc(N=S2(=O)CCN(c3ccc(-c4cc(-c5cnn(CC(C)(C)O)c5)cn5ncc(C#N)c45)cn3)CC2)cn1.COc1ccc(N=S2(=O)CCN(c3ccc(-c4cc(-c5cnn(CCO)c5)cn5ncc(C#N)c45)cn3)CC2)cn1. The van der Waals surface area contributed by atoms with Gasteiger partial charge < -0.3 is 44.4 Å². The number of fused-ring (bicyclic) bond motifs is 3. The van der Waals surface area contributed by atoms with Crippen molar-refractivity contribution in [1.29, 1.82) is 15.8 Å². The van der Waals surface area contributed by atoms with Gasteiger partial charge in [0.25, 0.3) is 0 Å². The third-order valence-electron chi connectivity index (χ3n) is 22.5. The van der Waals surface area contributed by atoms with Gasteiger partial charge in [-0.2, -0.15) is 59.5 Å². The fourth-order valence-electron chi connectivity index (χ4n) is 15.8. The summed E-state index contributed by atoms with van der Waals surface area (Å²) in [5.41, 5.74) is 14.9. The number of nitriles is 3. The Labute approximate surface area is 737 Å². The Balaban J connectivity index is 0.000000135. The van der Waals surface area contributed by atoms with E-state index in [9.17, 15) is 38.6 Å². The highest BCUT2D eigenvalue weighted by Gasteiger charge is 2.29. The fourth-order valence-corrected chi connectivity index (χ4v) is 21.4. The number of aliphatic hydroxyl groups excluding tert-OH is 1. The number of hydrogen-bond donors (Lipinski definition) is 3. The van der Waals surface area contributed by atoms with Gasteiger partial charge in [0.1, 0.15) is 35.7 Å². The third-order valence-corrected chi connectivity index (χ3v) is 29.0. The van der Waals surface area contributed by atoms with E-state index < -0.39 is 34.8 Å². The molecule has 19 rings (SSSR count). The molecule has 4 aliphatic heterocycles. The third kappa shape index (κ3) is 19.2. The minimum absolute atomic E-state index is 0.00282. The summed E-state index contributed by atoms with van der Waals surface area (Å²) in [5, 5.41) is 78.8. The monoisotopic (exact) mass is 1770 g/mol. The first kappa shape index (κ1) is 85.8.